The van der Waals surface area contributed by atoms with Crippen LogP contribution in [0.2, 0.25) is 0 Å². The predicted octanol–water partition coefficient (Wildman–Crippen LogP) is 10.3. The largest absolute Gasteiger partial charge is 0.327 e. The van der Waals surface area contributed by atoms with E-state index in [0.29, 0.717) is 22.7 Å². The standard InChI is InChI=1S/C53H40N6O4/c60-48(55-44-25-9-17-35-13-1-5-21-40(35)44)52(49(61)56-45-26-10-18-36-14-2-6-22-41(36)45)31-32-53(59(52)39-29-33-54-34-30-39,50(62)57-46-27-11-19-37-15-3-7-23-42(37)46)51(63)58-47-28-12-20-38-16-4-8-24-43(38)47/h1-30,33-34H,31-32H2,(H,55,60)(H,56,61)(H,57,62)(H,58,63). The molecule has 4 N–H and O–H groups in total. The molecule has 0 aliphatic carbocycles. The molecule has 1 aliphatic heterocycles. The number of carbonyl (C=O) groups is 4. The molecule has 8 aromatic carbocycles. The van der Waals surface area contributed by atoms with Gasteiger partial charge >= 0.3 is 0 Å². The van der Waals surface area contributed by atoms with Gasteiger partial charge in [0.15, 0.2) is 0 Å². The number of nitrogens with zero attached hydrogens (tertiary/aromatic N) is 2. The number of fused-ring (bicyclic) bond motifs is 4. The zero-order valence-corrected chi connectivity index (χ0v) is 33.9. The third kappa shape index (κ3) is 6.65. The van der Waals surface area contributed by atoms with Gasteiger partial charge in [-0.25, -0.2) is 0 Å². The highest BCUT2D eigenvalue weighted by Gasteiger charge is 2.69. The molecule has 10 heteroatoms. The van der Waals surface area contributed by atoms with Crippen LogP contribution < -0.4 is 26.2 Å². The number of pyridine rings is 1. The molecule has 1 fully saturated rings. The van der Waals surface area contributed by atoms with Crippen LogP contribution in [0.1, 0.15) is 12.8 Å². The SMILES string of the molecule is O=C(Nc1cccc2ccccc12)C1(C(=O)Nc2cccc3ccccc23)CCC(C(=O)Nc2cccc3ccccc23)(C(=O)Nc2cccc3ccccc23)N1c1ccncc1. The summed E-state index contributed by atoms with van der Waals surface area (Å²) in [6, 6.07) is 55.8. The quantitative estimate of drug-likeness (QED) is 0.107. The maximum absolute atomic E-state index is 15.8. The van der Waals surface area contributed by atoms with Gasteiger partial charge in [0.2, 0.25) is 11.1 Å². The smallest absolute Gasteiger partial charge is 0.260 e. The van der Waals surface area contributed by atoms with Crippen molar-refractivity contribution in [2.45, 2.75) is 23.9 Å². The first-order valence-corrected chi connectivity index (χ1v) is 20.7. The Bertz CT molecular complexity index is 2860. The van der Waals surface area contributed by atoms with Crippen molar-refractivity contribution in [3.63, 3.8) is 0 Å². The molecule has 0 radical (unpaired) electrons. The minimum atomic E-state index is -2.22. The summed E-state index contributed by atoms with van der Waals surface area (Å²) in [5.41, 5.74) is -2.34. The Morgan fingerprint density at radius 3 is 0.937 bits per heavy atom. The van der Waals surface area contributed by atoms with E-state index in [2.05, 4.69) is 26.3 Å². The highest BCUT2D eigenvalue weighted by molar-refractivity contribution is 6.30. The van der Waals surface area contributed by atoms with Gasteiger partial charge in [-0.15, -0.1) is 0 Å². The minimum Gasteiger partial charge on any atom is -0.327 e. The van der Waals surface area contributed by atoms with Crippen molar-refractivity contribution in [3.05, 3.63) is 194 Å². The van der Waals surface area contributed by atoms with Crippen LogP contribution in [0.25, 0.3) is 43.1 Å². The van der Waals surface area contributed by atoms with Crippen molar-refractivity contribution in [2.24, 2.45) is 0 Å². The molecule has 306 valence electrons. The Hall–Kier alpha value is -8.37. The number of nitrogens with one attached hydrogen (secondary N) is 4. The summed E-state index contributed by atoms with van der Waals surface area (Å²) >= 11 is 0. The Kier molecular flexibility index (Phi) is 9.80. The second kappa shape index (κ2) is 15.9. The maximum atomic E-state index is 15.8. The molecule has 10 nitrogen and oxygen atoms in total. The molecular formula is C53H40N6O4. The molecule has 1 aromatic heterocycles. The van der Waals surface area contributed by atoms with Gasteiger partial charge in [-0.1, -0.05) is 146 Å². The van der Waals surface area contributed by atoms with Crippen LogP contribution in [-0.4, -0.2) is 39.7 Å². The number of hydrogen-bond donors (Lipinski definition) is 4. The summed E-state index contributed by atoms with van der Waals surface area (Å²) < 4.78 is 0. The number of aromatic nitrogens is 1. The number of benzene rings is 8. The van der Waals surface area contributed by atoms with Gasteiger partial charge in [-0.3, -0.25) is 24.2 Å². The molecule has 9 aromatic rings. The van der Waals surface area contributed by atoms with Crippen LogP contribution in [-0.2, 0) is 19.2 Å². The molecule has 10 rings (SSSR count). The van der Waals surface area contributed by atoms with Crippen molar-refractivity contribution in [3.8, 4) is 0 Å². The van der Waals surface area contributed by atoms with Crippen LogP contribution >= 0.6 is 0 Å². The Labute approximate surface area is 362 Å². The molecule has 0 saturated carbocycles. The second-order valence-electron chi connectivity index (χ2n) is 15.7. The molecule has 1 aliphatic rings. The molecular weight excluding hydrogens is 785 g/mol. The minimum absolute atomic E-state index is 0.242. The monoisotopic (exact) mass is 824 g/mol. The third-order valence-corrected chi connectivity index (χ3v) is 12.2. The van der Waals surface area contributed by atoms with E-state index < -0.39 is 34.7 Å². The van der Waals surface area contributed by atoms with Gasteiger partial charge in [-0.2, -0.15) is 0 Å². The summed E-state index contributed by atoms with van der Waals surface area (Å²) in [7, 11) is 0. The van der Waals surface area contributed by atoms with Crippen LogP contribution in [0, 0.1) is 0 Å². The summed E-state index contributed by atoms with van der Waals surface area (Å²) in [5.74, 6) is -2.92. The fourth-order valence-corrected chi connectivity index (χ4v) is 9.15. The van der Waals surface area contributed by atoms with Gasteiger partial charge in [-0.05, 0) is 70.8 Å². The molecule has 2 heterocycles. The maximum Gasteiger partial charge on any atom is 0.260 e. The van der Waals surface area contributed by atoms with Crippen molar-refractivity contribution in [2.75, 3.05) is 26.2 Å². The zero-order valence-electron chi connectivity index (χ0n) is 33.9. The van der Waals surface area contributed by atoms with E-state index in [4.69, 9.17) is 0 Å². The van der Waals surface area contributed by atoms with Gasteiger partial charge in [0.1, 0.15) is 0 Å². The molecule has 0 atom stereocenters. The summed E-state index contributed by atoms with van der Waals surface area (Å²) in [5, 5.41) is 19.0. The van der Waals surface area contributed by atoms with E-state index >= 15 is 19.2 Å². The van der Waals surface area contributed by atoms with Crippen molar-refractivity contribution >= 4 is 95.2 Å². The lowest BCUT2D eigenvalue weighted by Gasteiger charge is -2.45. The fourth-order valence-electron chi connectivity index (χ4n) is 9.15. The topological polar surface area (TPSA) is 133 Å². The first kappa shape index (κ1) is 38.8. The lowest BCUT2D eigenvalue weighted by atomic mass is 9.91. The Balaban J connectivity index is 1.19. The predicted molar refractivity (Wildman–Crippen MR) is 252 cm³/mol. The van der Waals surface area contributed by atoms with Gasteiger partial charge in [0.25, 0.3) is 23.6 Å². The van der Waals surface area contributed by atoms with Crippen LogP contribution in [0.15, 0.2) is 194 Å². The van der Waals surface area contributed by atoms with Gasteiger partial charge in [0.05, 0.1) is 0 Å². The number of anilines is 5. The van der Waals surface area contributed by atoms with Gasteiger partial charge < -0.3 is 26.2 Å². The van der Waals surface area contributed by atoms with E-state index in [9.17, 15) is 0 Å². The van der Waals surface area contributed by atoms with Crippen molar-refractivity contribution < 1.29 is 19.2 Å². The molecule has 63 heavy (non-hydrogen) atoms. The second-order valence-corrected chi connectivity index (χ2v) is 15.7. The molecule has 4 amide bonds. The lowest BCUT2D eigenvalue weighted by molar-refractivity contribution is -0.132. The molecule has 0 bridgehead atoms. The average molecular weight is 825 g/mol. The zero-order chi connectivity index (χ0) is 43.0. The lowest BCUT2D eigenvalue weighted by Crippen LogP contribution is -2.71. The summed E-state index contributed by atoms with van der Waals surface area (Å²) in [4.78, 5) is 68.8. The van der Waals surface area contributed by atoms with E-state index in [1.54, 1.807) is 36.4 Å². The first-order chi connectivity index (χ1) is 30.9. The summed E-state index contributed by atoms with van der Waals surface area (Å²) in [6.45, 7) is 0. The van der Waals surface area contributed by atoms with Crippen LogP contribution in [0.3, 0.4) is 0 Å². The van der Waals surface area contributed by atoms with Crippen LogP contribution in [0.5, 0.6) is 0 Å². The Morgan fingerprint density at radius 2 is 0.635 bits per heavy atom. The normalized spacial score (nSPS) is 14.1. The Morgan fingerprint density at radius 1 is 0.365 bits per heavy atom. The van der Waals surface area contributed by atoms with E-state index in [1.165, 1.54) is 17.3 Å². The van der Waals surface area contributed by atoms with Crippen molar-refractivity contribution in [1.29, 1.82) is 0 Å². The number of hydrogen-bond acceptors (Lipinski definition) is 6. The average Bonchev–Trinajstić information content (AvgIpc) is 3.71. The number of carbonyl (C=O) groups excluding carboxylic acids is 4. The number of amides is 4. The van der Waals surface area contributed by atoms with Crippen LogP contribution in [0.4, 0.5) is 28.4 Å². The highest BCUT2D eigenvalue weighted by Crippen LogP contribution is 2.48. The first-order valence-electron chi connectivity index (χ1n) is 20.7. The van der Waals surface area contributed by atoms with E-state index in [0.717, 1.165) is 43.1 Å². The summed E-state index contributed by atoms with van der Waals surface area (Å²) in [6.07, 6.45) is 2.54. The fraction of sp³-hybridized carbons (Fsp3) is 0.0755. The molecule has 0 spiro atoms. The van der Waals surface area contributed by atoms with E-state index in [-0.39, 0.29) is 18.5 Å². The molecule has 0 unspecified atom stereocenters. The molecule has 1 saturated heterocycles. The highest BCUT2D eigenvalue weighted by atomic mass is 16.2. The van der Waals surface area contributed by atoms with Gasteiger partial charge in [0, 0.05) is 62.4 Å². The van der Waals surface area contributed by atoms with Crippen molar-refractivity contribution in [1.82, 2.24) is 4.98 Å². The third-order valence-electron chi connectivity index (χ3n) is 12.2. The number of rotatable bonds is 9. The van der Waals surface area contributed by atoms with E-state index in [1.807, 2.05) is 146 Å².